The van der Waals surface area contributed by atoms with Crippen molar-refractivity contribution in [3.8, 4) is 0 Å². The minimum Gasteiger partial charge on any atom is -0.370 e. The van der Waals surface area contributed by atoms with E-state index >= 15 is 0 Å². The van der Waals surface area contributed by atoms with E-state index in [1.165, 1.54) is 29.1 Å². The van der Waals surface area contributed by atoms with Gasteiger partial charge in [0.2, 0.25) is 0 Å². The van der Waals surface area contributed by atoms with E-state index in [1.807, 2.05) is 0 Å². The fourth-order valence-electron chi connectivity index (χ4n) is 2.77. The van der Waals surface area contributed by atoms with Crippen molar-refractivity contribution in [1.82, 2.24) is 9.55 Å². The number of halogens is 3. The van der Waals surface area contributed by atoms with Crippen LogP contribution in [-0.2, 0) is 18.0 Å². The average molecular weight is 339 g/mol. The summed E-state index contributed by atoms with van der Waals surface area (Å²) in [5, 5.41) is 0. The Morgan fingerprint density at radius 1 is 1.29 bits per heavy atom. The number of morpholine rings is 1. The van der Waals surface area contributed by atoms with E-state index in [9.17, 15) is 18.0 Å². The molecule has 1 aromatic heterocycles. The molecule has 1 unspecified atom stereocenters. The number of aromatic nitrogens is 2. The molecule has 2 aromatic rings. The summed E-state index contributed by atoms with van der Waals surface area (Å²) in [5.41, 5.74) is -0.935. The molecule has 8 heteroatoms. The number of nitrogens with zero attached hydrogens (tertiary/aromatic N) is 3. The summed E-state index contributed by atoms with van der Waals surface area (Å²) in [7, 11) is 1.60. The SMILES string of the molecule is Cn1ccnc(N2CCOC(c3ccccc3C(F)(F)F)C2)c1=O. The lowest BCUT2D eigenvalue weighted by atomic mass is 10.0. The van der Waals surface area contributed by atoms with Gasteiger partial charge >= 0.3 is 6.18 Å². The molecule has 0 saturated carbocycles. The lowest BCUT2D eigenvalue weighted by Crippen LogP contribution is -2.42. The smallest absolute Gasteiger partial charge is 0.370 e. The van der Waals surface area contributed by atoms with E-state index in [0.717, 1.165) is 6.07 Å². The summed E-state index contributed by atoms with van der Waals surface area (Å²) < 4.78 is 46.5. The van der Waals surface area contributed by atoms with Gasteiger partial charge in [0.15, 0.2) is 5.82 Å². The van der Waals surface area contributed by atoms with Crippen molar-refractivity contribution in [2.24, 2.45) is 7.05 Å². The highest BCUT2D eigenvalue weighted by Gasteiger charge is 2.36. The normalized spacial score (nSPS) is 18.7. The molecule has 3 rings (SSSR count). The van der Waals surface area contributed by atoms with Gasteiger partial charge in [-0.15, -0.1) is 0 Å². The minimum atomic E-state index is -4.45. The van der Waals surface area contributed by atoms with Crippen LogP contribution in [0.4, 0.5) is 19.0 Å². The highest BCUT2D eigenvalue weighted by Crippen LogP contribution is 2.36. The summed E-state index contributed by atoms with van der Waals surface area (Å²) in [5.74, 6) is 0.220. The Bertz CT molecular complexity index is 789. The lowest BCUT2D eigenvalue weighted by molar-refractivity contribution is -0.139. The molecule has 0 N–H and O–H groups in total. The number of ether oxygens (including phenoxy) is 1. The Kier molecular flexibility index (Phi) is 4.31. The molecule has 1 saturated heterocycles. The molecule has 0 radical (unpaired) electrons. The maximum Gasteiger partial charge on any atom is 0.416 e. The van der Waals surface area contributed by atoms with Gasteiger partial charge in [0.1, 0.15) is 6.10 Å². The highest BCUT2D eigenvalue weighted by molar-refractivity contribution is 5.39. The number of benzene rings is 1. The van der Waals surface area contributed by atoms with Crippen molar-refractivity contribution in [2.75, 3.05) is 24.6 Å². The molecule has 5 nitrogen and oxygen atoms in total. The fourth-order valence-corrected chi connectivity index (χ4v) is 2.77. The fraction of sp³-hybridized carbons (Fsp3) is 0.375. The summed E-state index contributed by atoms with van der Waals surface area (Å²) >= 11 is 0. The Balaban J connectivity index is 1.92. The number of anilines is 1. The van der Waals surface area contributed by atoms with Crippen LogP contribution in [0.1, 0.15) is 17.2 Å². The zero-order valence-corrected chi connectivity index (χ0v) is 13.0. The quantitative estimate of drug-likeness (QED) is 0.843. The van der Waals surface area contributed by atoms with Gasteiger partial charge in [-0.05, 0) is 11.6 Å². The Hall–Kier alpha value is -2.35. The Morgan fingerprint density at radius 2 is 2.04 bits per heavy atom. The molecule has 0 amide bonds. The molecular weight excluding hydrogens is 323 g/mol. The van der Waals surface area contributed by atoms with E-state index in [0.29, 0.717) is 6.54 Å². The van der Waals surface area contributed by atoms with Crippen LogP contribution in [0.25, 0.3) is 0 Å². The first-order valence-electron chi connectivity index (χ1n) is 7.42. The number of rotatable bonds is 2. The monoisotopic (exact) mass is 339 g/mol. The third kappa shape index (κ3) is 3.14. The van der Waals surface area contributed by atoms with E-state index < -0.39 is 17.8 Å². The molecule has 1 aromatic carbocycles. The number of aryl methyl sites for hydroxylation is 1. The minimum absolute atomic E-state index is 0.0717. The van der Waals surface area contributed by atoms with Crippen LogP contribution in [0.2, 0.25) is 0 Å². The third-order valence-corrected chi connectivity index (χ3v) is 3.98. The van der Waals surface area contributed by atoms with Crippen LogP contribution in [0, 0.1) is 0 Å². The average Bonchev–Trinajstić information content (AvgIpc) is 2.57. The Labute approximate surface area is 136 Å². The standard InChI is InChI=1S/C16H16F3N3O2/c1-21-7-6-20-14(15(21)23)22-8-9-24-13(10-22)11-4-2-3-5-12(11)16(17,18)19/h2-7,13H,8-10H2,1H3. The zero-order valence-electron chi connectivity index (χ0n) is 13.0. The van der Waals surface area contributed by atoms with Gasteiger partial charge in [0.05, 0.1) is 18.7 Å². The first-order valence-corrected chi connectivity index (χ1v) is 7.42. The topological polar surface area (TPSA) is 47.4 Å². The van der Waals surface area contributed by atoms with Crippen molar-refractivity contribution in [1.29, 1.82) is 0 Å². The summed E-state index contributed by atoms with van der Waals surface area (Å²) in [6.07, 6.45) is -2.21. The zero-order chi connectivity index (χ0) is 17.3. The maximum atomic E-state index is 13.2. The number of hydrogen-bond donors (Lipinski definition) is 0. The van der Waals surface area contributed by atoms with E-state index in [-0.39, 0.29) is 30.1 Å². The molecule has 1 aliphatic heterocycles. The molecule has 0 aliphatic carbocycles. The van der Waals surface area contributed by atoms with Gasteiger partial charge in [-0.25, -0.2) is 4.98 Å². The van der Waals surface area contributed by atoms with Crippen molar-refractivity contribution in [3.05, 3.63) is 58.1 Å². The van der Waals surface area contributed by atoms with Crippen LogP contribution in [-0.4, -0.2) is 29.2 Å². The first-order chi connectivity index (χ1) is 11.4. The number of hydrogen-bond acceptors (Lipinski definition) is 4. The van der Waals surface area contributed by atoms with Crippen molar-refractivity contribution >= 4 is 5.82 Å². The van der Waals surface area contributed by atoms with Crippen LogP contribution in [0.5, 0.6) is 0 Å². The second-order valence-corrected chi connectivity index (χ2v) is 5.56. The predicted octanol–water partition coefficient (Wildman–Crippen LogP) is 2.38. The molecule has 1 fully saturated rings. The molecule has 0 spiro atoms. The van der Waals surface area contributed by atoms with Gasteiger partial charge in [-0.3, -0.25) is 4.79 Å². The van der Waals surface area contributed by atoms with Gasteiger partial charge in [0.25, 0.3) is 5.56 Å². The summed E-state index contributed by atoms with van der Waals surface area (Å²) in [6, 6.07) is 5.35. The van der Waals surface area contributed by atoms with Crippen molar-refractivity contribution < 1.29 is 17.9 Å². The largest absolute Gasteiger partial charge is 0.416 e. The van der Waals surface area contributed by atoms with E-state index in [2.05, 4.69) is 4.98 Å². The molecule has 1 atom stereocenters. The van der Waals surface area contributed by atoms with Gasteiger partial charge in [0, 0.05) is 26.0 Å². The summed E-state index contributed by atoms with van der Waals surface area (Å²) in [6.45, 7) is 0.757. The van der Waals surface area contributed by atoms with Gasteiger partial charge in [-0.2, -0.15) is 13.2 Å². The second-order valence-electron chi connectivity index (χ2n) is 5.56. The van der Waals surface area contributed by atoms with Crippen molar-refractivity contribution in [2.45, 2.75) is 12.3 Å². The molecule has 0 bridgehead atoms. The Morgan fingerprint density at radius 3 is 2.79 bits per heavy atom. The first kappa shape index (κ1) is 16.5. The van der Waals surface area contributed by atoms with Gasteiger partial charge < -0.3 is 14.2 Å². The van der Waals surface area contributed by atoms with E-state index in [1.54, 1.807) is 18.0 Å². The molecular formula is C16H16F3N3O2. The lowest BCUT2D eigenvalue weighted by Gasteiger charge is -2.34. The second kappa shape index (κ2) is 6.27. The van der Waals surface area contributed by atoms with Crippen LogP contribution in [0.3, 0.4) is 0 Å². The third-order valence-electron chi connectivity index (χ3n) is 3.98. The van der Waals surface area contributed by atoms with Crippen LogP contribution >= 0.6 is 0 Å². The summed E-state index contributed by atoms with van der Waals surface area (Å²) in [4.78, 5) is 17.9. The van der Waals surface area contributed by atoms with Crippen LogP contribution < -0.4 is 10.5 Å². The highest BCUT2D eigenvalue weighted by atomic mass is 19.4. The maximum absolute atomic E-state index is 13.2. The van der Waals surface area contributed by atoms with Crippen LogP contribution in [0.15, 0.2) is 41.5 Å². The molecule has 1 aliphatic rings. The number of alkyl halides is 3. The molecule has 128 valence electrons. The van der Waals surface area contributed by atoms with E-state index in [4.69, 9.17) is 4.74 Å². The van der Waals surface area contributed by atoms with Gasteiger partial charge in [-0.1, -0.05) is 18.2 Å². The predicted molar refractivity (Wildman–Crippen MR) is 81.8 cm³/mol. The van der Waals surface area contributed by atoms with Crippen molar-refractivity contribution in [3.63, 3.8) is 0 Å². The molecule has 24 heavy (non-hydrogen) atoms. The molecule has 2 heterocycles.